The van der Waals surface area contributed by atoms with Gasteiger partial charge in [0.25, 0.3) is 5.91 Å². The second-order valence-corrected chi connectivity index (χ2v) is 6.59. The Labute approximate surface area is 153 Å². The molecule has 1 aromatic rings. The fraction of sp³-hybridized carbons (Fsp3) is 0.556. The maximum atomic E-state index is 12.1. The van der Waals surface area contributed by atoms with Crippen molar-refractivity contribution in [2.75, 3.05) is 45.2 Å². The number of benzene rings is 1. The number of methoxy groups -OCH3 is 1. The molecular weight excluding hydrogens is 336 g/mol. The van der Waals surface area contributed by atoms with Crippen molar-refractivity contribution in [2.24, 2.45) is 0 Å². The summed E-state index contributed by atoms with van der Waals surface area (Å²) in [5.74, 6) is -0.187. The van der Waals surface area contributed by atoms with Crippen LogP contribution in [0.4, 0.5) is 10.5 Å². The summed E-state index contributed by atoms with van der Waals surface area (Å²) in [5.41, 5.74) is 1.00. The highest BCUT2D eigenvalue weighted by atomic mass is 16.5. The Kier molecular flexibility index (Phi) is 7.38. The van der Waals surface area contributed by atoms with Crippen LogP contribution in [0.1, 0.15) is 28.8 Å². The van der Waals surface area contributed by atoms with E-state index in [0.29, 0.717) is 37.4 Å². The van der Waals surface area contributed by atoms with Crippen LogP contribution in [0.25, 0.3) is 0 Å². The van der Waals surface area contributed by atoms with Gasteiger partial charge in [0.15, 0.2) is 0 Å². The molecule has 1 aromatic carbocycles. The Morgan fingerprint density at radius 3 is 2.81 bits per heavy atom. The van der Waals surface area contributed by atoms with Gasteiger partial charge in [0.05, 0.1) is 12.2 Å². The predicted molar refractivity (Wildman–Crippen MR) is 99.5 cm³/mol. The molecular formula is C18H28N4O4. The highest BCUT2D eigenvalue weighted by molar-refractivity contribution is 5.96. The number of nitrogens with one attached hydrogen (secondary N) is 4. The fourth-order valence-corrected chi connectivity index (χ4v) is 2.83. The molecule has 0 bridgehead atoms. The number of aliphatic hydroxyl groups is 1. The lowest BCUT2D eigenvalue weighted by molar-refractivity contribution is 0.0198. The zero-order valence-corrected chi connectivity index (χ0v) is 15.4. The second-order valence-electron chi connectivity index (χ2n) is 6.59. The van der Waals surface area contributed by atoms with Crippen molar-refractivity contribution in [3.05, 3.63) is 29.3 Å². The van der Waals surface area contributed by atoms with Gasteiger partial charge in [0.1, 0.15) is 0 Å². The first kappa shape index (κ1) is 20.2. The largest absolute Gasteiger partial charge is 0.387 e. The molecule has 1 aliphatic rings. The van der Waals surface area contributed by atoms with Gasteiger partial charge in [0, 0.05) is 38.0 Å². The first-order valence-corrected chi connectivity index (χ1v) is 8.79. The summed E-state index contributed by atoms with van der Waals surface area (Å²) in [5, 5.41) is 21.7. The van der Waals surface area contributed by atoms with E-state index >= 15 is 0 Å². The molecule has 8 nitrogen and oxygen atoms in total. The van der Waals surface area contributed by atoms with Crippen LogP contribution in [0.5, 0.6) is 0 Å². The average molecular weight is 364 g/mol. The number of β-amino-alcohol motifs (C(OH)–C–C–N with tert-alkyl or cyclic N) is 1. The monoisotopic (exact) mass is 364 g/mol. The van der Waals surface area contributed by atoms with E-state index in [1.165, 1.54) is 0 Å². The molecule has 5 N–H and O–H groups in total. The summed E-state index contributed by atoms with van der Waals surface area (Å²) in [6.45, 7) is 4.25. The minimum atomic E-state index is -0.908. The molecule has 1 fully saturated rings. The summed E-state index contributed by atoms with van der Waals surface area (Å²) in [4.78, 5) is 24.1. The van der Waals surface area contributed by atoms with Gasteiger partial charge in [0.2, 0.25) is 0 Å². The zero-order chi connectivity index (χ0) is 19.0. The third kappa shape index (κ3) is 5.98. The van der Waals surface area contributed by atoms with Crippen LogP contribution < -0.4 is 21.3 Å². The number of ether oxygens (including phenoxy) is 1. The first-order chi connectivity index (χ1) is 12.4. The van der Waals surface area contributed by atoms with E-state index in [0.717, 1.165) is 18.5 Å². The molecule has 0 radical (unpaired) electrons. The van der Waals surface area contributed by atoms with Crippen molar-refractivity contribution in [3.63, 3.8) is 0 Å². The molecule has 144 valence electrons. The van der Waals surface area contributed by atoms with Gasteiger partial charge in [-0.25, -0.2) is 4.79 Å². The van der Waals surface area contributed by atoms with E-state index in [9.17, 15) is 14.7 Å². The zero-order valence-electron chi connectivity index (χ0n) is 15.4. The highest BCUT2D eigenvalue weighted by Crippen LogP contribution is 2.17. The molecule has 0 saturated carbocycles. The predicted octanol–water partition coefficient (Wildman–Crippen LogP) is 0.607. The normalized spacial score (nSPS) is 19.7. The lowest BCUT2D eigenvalue weighted by Gasteiger charge is -2.32. The minimum Gasteiger partial charge on any atom is -0.387 e. The molecule has 2 rings (SSSR count). The van der Waals surface area contributed by atoms with E-state index < -0.39 is 5.60 Å². The number of rotatable bonds is 7. The number of hydrogen-bond acceptors (Lipinski definition) is 5. The third-order valence-corrected chi connectivity index (χ3v) is 4.36. The lowest BCUT2D eigenvalue weighted by Crippen LogP contribution is -2.53. The van der Waals surface area contributed by atoms with Gasteiger partial charge in [-0.3, -0.25) is 4.79 Å². The first-order valence-electron chi connectivity index (χ1n) is 8.79. The van der Waals surface area contributed by atoms with Gasteiger partial charge in [-0.05, 0) is 50.1 Å². The van der Waals surface area contributed by atoms with Crippen molar-refractivity contribution < 1.29 is 19.4 Å². The summed E-state index contributed by atoms with van der Waals surface area (Å²) >= 11 is 0. The molecule has 0 spiro atoms. The number of piperidine rings is 1. The molecule has 1 heterocycles. The van der Waals surface area contributed by atoms with Crippen LogP contribution in [0.2, 0.25) is 0 Å². The summed E-state index contributed by atoms with van der Waals surface area (Å²) in [6, 6.07) is 4.68. The number of carbonyl (C=O) groups is 2. The Morgan fingerprint density at radius 1 is 1.35 bits per heavy atom. The quantitative estimate of drug-likeness (QED) is 0.455. The number of urea groups is 1. The molecule has 1 atom stereocenters. The van der Waals surface area contributed by atoms with E-state index in [1.54, 1.807) is 25.3 Å². The van der Waals surface area contributed by atoms with Crippen LogP contribution in [-0.4, -0.2) is 62.5 Å². The number of anilines is 1. The number of amides is 3. The Hall–Kier alpha value is -2.16. The van der Waals surface area contributed by atoms with Crippen molar-refractivity contribution in [3.8, 4) is 0 Å². The summed E-state index contributed by atoms with van der Waals surface area (Å²) in [7, 11) is 1.57. The van der Waals surface area contributed by atoms with Crippen LogP contribution in [0.15, 0.2) is 18.2 Å². The number of hydrogen-bond donors (Lipinski definition) is 5. The van der Waals surface area contributed by atoms with Crippen LogP contribution in [0.3, 0.4) is 0 Å². The third-order valence-electron chi connectivity index (χ3n) is 4.36. The fourth-order valence-electron chi connectivity index (χ4n) is 2.83. The molecule has 1 aliphatic heterocycles. The van der Waals surface area contributed by atoms with Crippen molar-refractivity contribution in [2.45, 2.75) is 25.4 Å². The van der Waals surface area contributed by atoms with Gasteiger partial charge in [-0.2, -0.15) is 0 Å². The van der Waals surface area contributed by atoms with E-state index in [-0.39, 0.29) is 18.5 Å². The summed E-state index contributed by atoms with van der Waals surface area (Å²) < 4.78 is 4.90. The lowest BCUT2D eigenvalue weighted by atomic mass is 9.94. The van der Waals surface area contributed by atoms with Crippen LogP contribution >= 0.6 is 0 Å². The minimum absolute atomic E-state index is 0.185. The molecule has 3 amide bonds. The molecule has 26 heavy (non-hydrogen) atoms. The molecule has 1 saturated heterocycles. The van der Waals surface area contributed by atoms with Gasteiger partial charge < -0.3 is 31.1 Å². The van der Waals surface area contributed by atoms with Gasteiger partial charge in [-0.15, -0.1) is 0 Å². The van der Waals surface area contributed by atoms with Gasteiger partial charge in [-0.1, -0.05) is 0 Å². The smallest absolute Gasteiger partial charge is 0.319 e. The number of carbonyl (C=O) groups excluding carboxylic acids is 2. The molecule has 0 unspecified atom stereocenters. The molecule has 0 aliphatic carbocycles. The van der Waals surface area contributed by atoms with Crippen LogP contribution in [0, 0.1) is 6.92 Å². The maximum Gasteiger partial charge on any atom is 0.319 e. The van der Waals surface area contributed by atoms with E-state index in [2.05, 4.69) is 21.3 Å². The van der Waals surface area contributed by atoms with Crippen molar-refractivity contribution in [1.82, 2.24) is 16.0 Å². The Bertz CT molecular complexity index is 630. The van der Waals surface area contributed by atoms with Crippen molar-refractivity contribution >= 4 is 17.6 Å². The Morgan fingerprint density at radius 2 is 2.15 bits per heavy atom. The van der Waals surface area contributed by atoms with Crippen molar-refractivity contribution in [1.29, 1.82) is 0 Å². The van der Waals surface area contributed by atoms with E-state index in [1.807, 2.05) is 6.92 Å². The number of aryl methyl sites for hydroxylation is 1. The summed E-state index contributed by atoms with van der Waals surface area (Å²) in [6.07, 6.45) is 1.54. The SMILES string of the molecule is COCCNC(=O)c1ccc(NC(=O)NC[C@@]2(O)CCCNC2)c(C)c1. The van der Waals surface area contributed by atoms with E-state index in [4.69, 9.17) is 4.74 Å². The van der Waals surface area contributed by atoms with Gasteiger partial charge >= 0.3 is 6.03 Å². The maximum absolute atomic E-state index is 12.1. The average Bonchev–Trinajstić information content (AvgIpc) is 2.62. The van der Waals surface area contributed by atoms with Crippen LogP contribution in [-0.2, 0) is 4.74 Å². The molecule has 8 heteroatoms. The second kappa shape index (κ2) is 9.51. The standard InChI is InChI=1S/C18H28N4O4/c1-13-10-14(16(23)20-8-9-26-2)4-5-15(13)22-17(24)21-12-18(25)6-3-7-19-11-18/h4-5,10,19,25H,3,6-9,11-12H2,1-2H3,(H,20,23)(H2,21,22,24)/t18-/m1/s1. The molecule has 0 aromatic heterocycles. The Balaban J connectivity index is 1.86. The highest BCUT2D eigenvalue weighted by Gasteiger charge is 2.29. The topological polar surface area (TPSA) is 112 Å².